The van der Waals surface area contributed by atoms with Crippen molar-refractivity contribution in [2.75, 3.05) is 26.3 Å². The molecule has 3 rings (SSSR count). The van der Waals surface area contributed by atoms with E-state index in [0.29, 0.717) is 0 Å². The van der Waals surface area contributed by atoms with Crippen LogP contribution in [0.1, 0.15) is 36.5 Å². The van der Waals surface area contributed by atoms with Crippen molar-refractivity contribution < 1.29 is 9.15 Å². The van der Waals surface area contributed by atoms with Gasteiger partial charge in [-0.15, -0.1) is 0 Å². The van der Waals surface area contributed by atoms with Gasteiger partial charge in [0.05, 0.1) is 25.5 Å². The number of aromatic nitrogens is 2. The Morgan fingerprint density at radius 2 is 2.27 bits per heavy atom. The highest BCUT2D eigenvalue weighted by Gasteiger charge is 2.26. The first kappa shape index (κ1) is 15.3. The fourth-order valence-corrected chi connectivity index (χ4v) is 3.02. The summed E-state index contributed by atoms with van der Waals surface area (Å²) < 4.78 is 13.5. The third-order valence-corrected chi connectivity index (χ3v) is 4.27. The van der Waals surface area contributed by atoms with Crippen LogP contribution in [0, 0.1) is 0 Å². The van der Waals surface area contributed by atoms with Gasteiger partial charge in [-0.2, -0.15) is 5.10 Å². The van der Waals surface area contributed by atoms with E-state index >= 15 is 0 Å². The summed E-state index contributed by atoms with van der Waals surface area (Å²) in [6.45, 7) is 5.69. The number of rotatable bonds is 6. The van der Waals surface area contributed by atoms with E-state index in [-0.39, 0.29) is 6.04 Å². The van der Waals surface area contributed by atoms with Gasteiger partial charge in [-0.05, 0) is 37.1 Å². The summed E-state index contributed by atoms with van der Waals surface area (Å²) in [4.78, 5) is 2.48. The maximum absolute atomic E-state index is 5.94. The van der Waals surface area contributed by atoms with Gasteiger partial charge in [0.1, 0.15) is 11.5 Å². The molecule has 0 radical (unpaired) electrons. The SMILES string of the molecule is CCc1ccc([C@H]2COCCN2CCCc2cnn(C)c2)o1. The standard InChI is InChI=1S/C17H25N3O2/c1-3-15-6-7-17(22-15)16-13-21-10-9-20(16)8-4-5-14-11-18-19(2)12-14/h6-7,11-12,16H,3-5,8-10,13H2,1-2H3/t16-/m1/s1. The summed E-state index contributed by atoms with van der Waals surface area (Å²) in [5, 5.41) is 4.22. The van der Waals surface area contributed by atoms with Crippen molar-refractivity contribution in [3.63, 3.8) is 0 Å². The first-order chi connectivity index (χ1) is 10.8. The molecule has 1 atom stereocenters. The highest BCUT2D eigenvalue weighted by Crippen LogP contribution is 2.26. The lowest BCUT2D eigenvalue weighted by atomic mass is 10.1. The van der Waals surface area contributed by atoms with Crippen molar-refractivity contribution in [3.05, 3.63) is 41.6 Å². The van der Waals surface area contributed by atoms with Gasteiger partial charge in [0.15, 0.2) is 0 Å². The Morgan fingerprint density at radius 1 is 1.36 bits per heavy atom. The first-order valence-corrected chi connectivity index (χ1v) is 8.14. The minimum Gasteiger partial charge on any atom is -0.464 e. The van der Waals surface area contributed by atoms with Gasteiger partial charge in [-0.25, -0.2) is 0 Å². The molecule has 5 nitrogen and oxygen atoms in total. The fourth-order valence-electron chi connectivity index (χ4n) is 3.02. The van der Waals surface area contributed by atoms with Crippen molar-refractivity contribution in [2.24, 2.45) is 7.05 Å². The summed E-state index contributed by atoms with van der Waals surface area (Å²) in [5.41, 5.74) is 1.30. The number of aryl methyl sites for hydroxylation is 3. The molecule has 0 N–H and O–H groups in total. The molecule has 22 heavy (non-hydrogen) atoms. The topological polar surface area (TPSA) is 43.4 Å². The Balaban J connectivity index is 1.57. The molecule has 1 saturated heterocycles. The molecule has 0 saturated carbocycles. The second-order valence-corrected chi connectivity index (χ2v) is 5.91. The quantitative estimate of drug-likeness (QED) is 0.822. The Kier molecular flexibility index (Phi) is 4.95. The van der Waals surface area contributed by atoms with Gasteiger partial charge in [0.25, 0.3) is 0 Å². The predicted molar refractivity (Wildman–Crippen MR) is 84.7 cm³/mol. The lowest BCUT2D eigenvalue weighted by Crippen LogP contribution is -2.40. The third-order valence-electron chi connectivity index (χ3n) is 4.27. The molecule has 0 spiro atoms. The van der Waals surface area contributed by atoms with Crippen LogP contribution in [0.4, 0.5) is 0 Å². The zero-order valence-corrected chi connectivity index (χ0v) is 13.5. The molecule has 1 fully saturated rings. The van der Waals surface area contributed by atoms with Crippen LogP contribution in [0.25, 0.3) is 0 Å². The van der Waals surface area contributed by atoms with E-state index in [0.717, 1.165) is 57.1 Å². The zero-order chi connectivity index (χ0) is 15.4. The minimum atomic E-state index is 0.253. The van der Waals surface area contributed by atoms with Crippen LogP contribution in [0.15, 0.2) is 28.9 Å². The van der Waals surface area contributed by atoms with E-state index in [9.17, 15) is 0 Å². The Hall–Kier alpha value is -1.59. The van der Waals surface area contributed by atoms with Gasteiger partial charge in [0.2, 0.25) is 0 Å². The second-order valence-electron chi connectivity index (χ2n) is 5.91. The van der Waals surface area contributed by atoms with Gasteiger partial charge >= 0.3 is 0 Å². The largest absolute Gasteiger partial charge is 0.464 e. The van der Waals surface area contributed by atoms with Crippen LogP contribution >= 0.6 is 0 Å². The lowest BCUT2D eigenvalue weighted by molar-refractivity contribution is -0.0167. The van der Waals surface area contributed by atoms with E-state index < -0.39 is 0 Å². The Bertz CT molecular complexity index is 590. The average Bonchev–Trinajstić information content (AvgIpc) is 3.17. The molecule has 2 aromatic rings. The molecule has 120 valence electrons. The fraction of sp³-hybridized carbons (Fsp3) is 0.588. The molecule has 1 aliphatic heterocycles. The van der Waals surface area contributed by atoms with Crippen LogP contribution in [-0.4, -0.2) is 41.0 Å². The molecular formula is C17H25N3O2. The average molecular weight is 303 g/mol. The van der Waals surface area contributed by atoms with Crippen molar-refractivity contribution in [1.29, 1.82) is 0 Å². The molecule has 0 unspecified atom stereocenters. The number of nitrogens with zero attached hydrogens (tertiary/aromatic N) is 3. The first-order valence-electron chi connectivity index (χ1n) is 8.14. The van der Waals surface area contributed by atoms with Crippen LogP contribution < -0.4 is 0 Å². The van der Waals surface area contributed by atoms with Crippen molar-refractivity contribution >= 4 is 0 Å². The highest BCUT2D eigenvalue weighted by atomic mass is 16.5. The minimum absolute atomic E-state index is 0.253. The second kappa shape index (κ2) is 7.11. The van der Waals surface area contributed by atoms with Gasteiger partial charge < -0.3 is 9.15 Å². The molecule has 0 bridgehead atoms. The maximum Gasteiger partial charge on any atom is 0.123 e. The van der Waals surface area contributed by atoms with Crippen LogP contribution in [0.2, 0.25) is 0 Å². The van der Waals surface area contributed by atoms with Crippen LogP contribution in [0.5, 0.6) is 0 Å². The molecule has 1 aliphatic rings. The van der Waals surface area contributed by atoms with E-state index in [1.807, 2.05) is 17.9 Å². The predicted octanol–water partition coefficient (Wildman–Crippen LogP) is 2.58. The van der Waals surface area contributed by atoms with Crippen molar-refractivity contribution in [3.8, 4) is 0 Å². The summed E-state index contributed by atoms with van der Waals surface area (Å²) in [7, 11) is 1.96. The van der Waals surface area contributed by atoms with E-state index in [2.05, 4.69) is 35.3 Å². The van der Waals surface area contributed by atoms with Gasteiger partial charge in [-0.1, -0.05) is 6.92 Å². The van der Waals surface area contributed by atoms with E-state index in [1.165, 1.54) is 5.56 Å². The normalized spacial score (nSPS) is 19.6. The molecule has 0 amide bonds. The summed E-state index contributed by atoms with van der Waals surface area (Å²) in [5.74, 6) is 2.09. The summed E-state index contributed by atoms with van der Waals surface area (Å²) in [6.07, 6.45) is 7.18. The number of ether oxygens (including phenoxy) is 1. The highest BCUT2D eigenvalue weighted by molar-refractivity contribution is 5.12. The van der Waals surface area contributed by atoms with Crippen LogP contribution in [0.3, 0.4) is 0 Å². The Labute approximate surface area is 131 Å². The van der Waals surface area contributed by atoms with Gasteiger partial charge in [0, 0.05) is 26.2 Å². The molecule has 0 aromatic carbocycles. The lowest BCUT2D eigenvalue weighted by Gasteiger charge is -2.34. The maximum atomic E-state index is 5.94. The Morgan fingerprint density at radius 3 is 3.00 bits per heavy atom. The van der Waals surface area contributed by atoms with Crippen LogP contribution in [-0.2, 0) is 24.6 Å². The molecule has 3 heterocycles. The molecule has 2 aromatic heterocycles. The molecular weight excluding hydrogens is 278 g/mol. The number of morpholine rings is 1. The molecule has 5 heteroatoms. The number of hydrogen-bond donors (Lipinski definition) is 0. The molecule has 0 aliphatic carbocycles. The van der Waals surface area contributed by atoms with Gasteiger partial charge in [-0.3, -0.25) is 9.58 Å². The third kappa shape index (κ3) is 3.59. The van der Waals surface area contributed by atoms with Crippen molar-refractivity contribution in [1.82, 2.24) is 14.7 Å². The monoisotopic (exact) mass is 303 g/mol. The summed E-state index contributed by atoms with van der Waals surface area (Å²) >= 11 is 0. The number of hydrogen-bond acceptors (Lipinski definition) is 4. The van der Waals surface area contributed by atoms with E-state index in [1.54, 1.807) is 0 Å². The van der Waals surface area contributed by atoms with E-state index in [4.69, 9.17) is 9.15 Å². The smallest absolute Gasteiger partial charge is 0.123 e. The number of furan rings is 1. The zero-order valence-electron chi connectivity index (χ0n) is 13.5. The summed E-state index contributed by atoms with van der Waals surface area (Å²) in [6, 6.07) is 4.44. The van der Waals surface area contributed by atoms with Crippen molar-refractivity contribution in [2.45, 2.75) is 32.2 Å².